The fraction of sp³-hybridized carbons (Fsp3) is 0.150. The molecule has 2 aromatic carbocycles. The smallest absolute Gasteiger partial charge is 0.0630 e. The SMILES string of the molecule is Cc1cc(C=Nc2ccc(-c3ccccc3)cc2)c(C)n1C. The lowest BCUT2D eigenvalue weighted by Crippen LogP contribution is -1.93. The number of aromatic nitrogens is 1. The fourth-order valence-electron chi connectivity index (χ4n) is 2.53. The van der Waals surface area contributed by atoms with Crippen molar-refractivity contribution in [2.45, 2.75) is 13.8 Å². The van der Waals surface area contributed by atoms with Crippen LogP contribution in [0.25, 0.3) is 11.1 Å². The van der Waals surface area contributed by atoms with Crippen LogP contribution in [-0.2, 0) is 7.05 Å². The second-order valence-corrected chi connectivity index (χ2v) is 5.56. The molecule has 0 aliphatic carbocycles. The van der Waals surface area contributed by atoms with E-state index in [1.165, 1.54) is 28.1 Å². The molecular formula is C20H20N2. The molecule has 0 atom stereocenters. The first-order chi connectivity index (χ1) is 10.6. The van der Waals surface area contributed by atoms with E-state index in [-0.39, 0.29) is 0 Å². The Balaban J connectivity index is 1.82. The maximum Gasteiger partial charge on any atom is 0.0630 e. The molecule has 0 spiro atoms. The van der Waals surface area contributed by atoms with Crippen LogP contribution < -0.4 is 0 Å². The van der Waals surface area contributed by atoms with Gasteiger partial charge in [-0.15, -0.1) is 0 Å². The summed E-state index contributed by atoms with van der Waals surface area (Å²) >= 11 is 0. The summed E-state index contributed by atoms with van der Waals surface area (Å²) in [5, 5.41) is 0. The van der Waals surface area contributed by atoms with Crippen LogP contribution in [0.4, 0.5) is 5.69 Å². The summed E-state index contributed by atoms with van der Waals surface area (Å²) < 4.78 is 2.18. The van der Waals surface area contributed by atoms with Crippen LogP contribution in [0.15, 0.2) is 65.7 Å². The van der Waals surface area contributed by atoms with Gasteiger partial charge in [-0.3, -0.25) is 4.99 Å². The number of nitrogens with zero attached hydrogens (tertiary/aromatic N) is 2. The number of hydrogen-bond acceptors (Lipinski definition) is 1. The molecule has 1 heterocycles. The van der Waals surface area contributed by atoms with Crippen LogP contribution in [0, 0.1) is 13.8 Å². The Morgan fingerprint density at radius 1 is 0.864 bits per heavy atom. The number of rotatable bonds is 3. The molecule has 0 fully saturated rings. The standard InChI is InChI=1S/C20H20N2/c1-15-13-19(16(2)22(15)3)14-21-20-11-9-18(10-12-20)17-7-5-4-6-8-17/h4-14H,1-3H3. The lowest BCUT2D eigenvalue weighted by molar-refractivity contribution is 0.843. The van der Waals surface area contributed by atoms with Crippen LogP contribution in [0.1, 0.15) is 17.0 Å². The first kappa shape index (κ1) is 14.3. The highest BCUT2D eigenvalue weighted by atomic mass is 14.9. The molecule has 0 saturated carbocycles. The Morgan fingerprint density at radius 3 is 2.09 bits per heavy atom. The highest BCUT2D eigenvalue weighted by Crippen LogP contribution is 2.22. The summed E-state index contributed by atoms with van der Waals surface area (Å²) in [6.45, 7) is 4.23. The molecule has 3 aromatic rings. The van der Waals surface area contributed by atoms with Gasteiger partial charge < -0.3 is 4.57 Å². The number of hydrogen-bond donors (Lipinski definition) is 0. The molecule has 0 radical (unpaired) electrons. The van der Waals surface area contributed by atoms with Gasteiger partial charge in [0, 0.05) is 30.2 Å². The second-order valence-electron chi connectivity index (χ2n) is 5.56. The van der Waals surface area contributed by atoms with Gasteiger partial charge in [-0.25, -0.2) is 0 Å². The zero-order valence-electron chi connectivity index (χ0n) is 13.2. The summed E-state index contributed by atoms with van der Waals surface area (Å²) in [5.74, 6) is 0. The molecule has 3 rings (SSSR count). The van der Waals surface area contributed by atoms with E-state index in [1.807, 2.05) is 12.3 Å². The summed E-state index contributed by atoms with van der Waals surface area (Å²) in [4.78, 5) is 4.59. The molecule has 2 nitrogen and oxygen atoms in total. The van der Waals surface area contributed by atoms with E-state index in [0.29, 0.717) is 0 Å². The molecule has 110 valence electrons. The van der Waals surface area contributed by atoms with Crippen LogP contribution in [-0.4, -0.2) is 10.8 Å². The van der Waals surface area contributed by atoms with Gasteiger partial charge in [0.25, 0.3) is 0 Å². The Kier molecular flexibility index (Phi) is 3.92. The summed E-state index contributed by atoms with van der Waals surface area (Å²) in [5.41, 5.74) is 7.08. The number of aliphatic imine (C=N–C) groups is 1. The predicted octanol–water partition coefficient (Wildman–Crippen LogP) is 5.06. The van der Waals surface area contributed by atoms with Crippen molar-refractivity contribution in [2.75, 3.05) is 0 Å². The minimum Gasteiger partial charge on any atom is -0.352 e. The third-order valence-corrected chi connectivity index (χ3v) is 4.14. The average molecular weight is 288 g/mol. The minimum atomic E-state index is 0.973. The van der Waals surface area contributed by atoms with E-state index in [0.717, 1.165) is 5.69 Å². The molecular weight excluding hydrogens is 268 g/mol. The summed E-state index contributed by atoms with van der Waals surface area (Å²) in [6, 6.07) is 20.9. The summed E-state index contributed by atoms with van der Waals surface area (Å²) in [6.07, 6.45) is 1.94. The average Bonchev–Trinajstić information content (AvgIpc) is 2.81. The molecule has 2 heteroatoms. The fourth-order valence-corrected chi connectivity index (χ4v) is 2.53. The molecule has 0 N–H and O–H groups in total. The molecule has 0 aliphatic rings. The van der Waals surface area contributed by atoms with Gasteiger partial charge in [0.1, 0.15) is 0 Å². The van der Waals surface area contributed by atoms with Gasteiger partial charge in [0.15, 0.2) is 0 Å². The van der Waals surface area contributed by atoms with E-state index in [4.69, 9.17) is 0 Å². The highest BCUT2D eigenvalue weighted by molar-refractivity contribution is 5.84. The van der Waals surface area contributed by atoms with Crippen LogP contribution in [0.5, 0.6) is 0 Å². The first-order valence-electron chi connectivity index (χ1n) is 7.47. The molecule has 22 heavy (non-hydrogen) atoms. The van der Waals surface area contributed by atoms with Crippen molar-refractivity contribution in [1.29, 1.82) is 0 Å². The third-order valence-electron chi connectivity index (χ3n) is 4.14. The van der Waals surface area contributed by atoms with E-state index < -0.39 is 0 Å². The number of benzene rings is 2. The normalized spacial score (nSPS) is 11.2. The summed E-state index contributed by atoms with van der Waals surface area (Å²) in [7, 11) is 2.08. The molecule has 0 aliphatic heterocycles. The molecule has 0 unspecified atom stereocenters. The molecule has 0 saturated heterocycles. The van der Waals surface area contributed by atoms with Gasteiger partial charge in [-0.05, 0) is 43.2 Å². The van der Waals surface area contributed by atoms with E-state index >= 15 is 0 Å². The van der Waals surface area contributed by atoms with Crippen molar-refractivity contribution < 1.29 is 0 Å². The molecule has 0 bridgehead atoms. The van der Waals surface area contributed by atoms with Crippen molar-refractivity contribution in [3.8, 4) is 11.1 Å². The van der Waals surface area contributed by atoms with Gasteiger partial charge in [0.2, 0.25) is 0 Å². The van der Waals surface area contributed by atoms with Crippen molar-refractivity contribution in [1.82, 2.24) is 4.57 Å². The maximum absolute atomic E-state index is 4.59. The first-order valence-corrected chi connectivity index (χ1v) is 7.47. The van der Waals surface area contributed by atoms with Crippen molar-refractivity contribution in [3.63, 3.8) is 0 Å². The zero-order valence-corrected chi connectivity index (χ0v) is 13.2. The topological polar surface area (TPSA) is 17.3 Å². The van der Waals surface area contributed by atoms with E-state index in [1.54, 1.807) is 0 Å². The number of aryl methyl sites for hydroxylation is 1. The zero-order chi connectivity index (χ0) is 15.5. The predicted molar refractivity (Wildman–Crippen MR) is 94.0 cm³/mol. The lowest BCUT2D eigenvalue weighted by atomic mass is 10.1. The monoisotopic (exact) mass is 288 g/mol. The van der Waals surface area contributed by atoms with Gasteiger partial charge in [0.05, 0.1) is 5.69 Å². The van der Waals surface area contributed by atoms with Crippen molar-refractivity contribution >= 4 is 11.9 Å². The Labute approximate surface area is 131 Å². The Morgan fingerprint density at radius 2 is 1.50 bits per heavy atom. The second kappa shape index (κ2) is 6.02. The molecule has 1 aromatic heterocycles. The lowest BCUT2D eigenvalue weighted by Gasteiger charge is -2.01. The third kappa shape index (κ3) is 2.86. The van der Waals surface area contributed by atoms with Gasteiger partial charge in [-0.1, -0.05) is 42.5 Å². The maximum atomic E-state index is 4.59. The van der Waals surface area contributed by atoms with Crippen LogP contribution in [0.3, 0.4) is 0 Å². The quantitative estimate of drug-likeness (QED) is 0.599. The Bertz CT molecular complexity index is 794. The minimum absolute atomic E-state index is 0.973. The van der Waals surface area contributed by atoms with Gasteiger partial charge >= 0.3 is 0 Å². The van der Waals surface area contributed by atoms with Crippen LogP contribution in [0.2, 0.25) is 0 Å². The largest absolute Gasteiger partial charge is 0.352 e. The van der Waals surface area contributed by atoms with Gasteiger partial charge in [-0.2, -0.15) is 0 Å². The van der Waals surface area contributed by atoms with Crippen molar-refractivity contribution in [3.05, 3.63) is 77.6 Å². The highest BCUT2D eigenvalue weighted by Gasteiger charge is 2.03. The Hall–Kier alpha value is -2.61. The van der Waals surface area contributed by atoms with E-state index in [2.05, 4.69) is 85.1 Å². The van der Waals surface area contributed by atoms with Crippen molar-refractivity contribution in [2.24, 2.45) is 12.0 Å². The van der Waals surface area contributed by atoms with E-state index in [9.17, 15) is 0 Å². The van der Waals surface area contributed by atoms with Crippen LogP contribution >= 0.6 is 0 Å². The molecule has 0 amide bonds.